The van der Waals surface area contributed by atoms with Crippen molar-refractivity contribution in [2.75, 3.05) is 5.88 Å². The van der Waals surface area contributed by atoms with Gasteiger partial charge in [-0.15, -0.1) is 11.6 Å². The summed E-state index contributed by atoms with van der Waals surface area (Å²) in [6.07, 6.45) is 3.49. The van der Waals surface area contributed by atoms with Crippen LogP contribution < -0.4 is 0 Å². The average Bonchev–Trinajstić information content (AvgIpc) is 2.28. The van der Waals surface area contributed by atoms with Crippen molar-refractivity contribution in [1.29, 1.82) is 0 Å². The third kappa shape index (κ3) is 2.60. The number of unbranched alkanes of at least 4 members (excludes halogenated alkanes) is 1. The second-order valence-corrected chi connectivity index (χ2v) is 5.13. The molecule has 0 saturated carbocycles. The standard InChI is InChI=1S/C15H23Cl/c1-10-11(2)13(4)15(8-6-7-9-16)14(5)12(10)3/h6-9H2,1-5H3. The Morgan fingerprint density at radius 3 is 1.56 bits per heavy atom. The Hall–Kier alpha value is -0.490. The lowest BCUT2D eigenvalue weighted by molar-refractivity contribution is 0.788. The van der Waals surface area contributed by atoms with E-state index in [0.717, 1.165) is 12.3 Å². The van der Waals surface area contributed by atoms with Crippen molar-refractivity contribution in [1.82, 2.24) is 0 Å². The molecule has 0 aliphatic carbocycles. The Kier molecular flexibility index (Phi) is 4.86. The molecule has 0 nitrogen and oxygen atoms in total. The molecular formula is C15H23Cl. The molecule has 16 heavy (non-hydrogen) atoms. The molecule has 0 amide bonds. The first-order valence-electron chi connectivity index (χ1n) is 6.12. The van der Waals surface area contributed by atoms with E-state index >= 15 is 0 Å². The molecule has 0 aliphatic rings. The molecule has 1 aromatic carbocycles. The van der Waals surface area contributed by atoms with Crippen molar-refractivity contribution in [2.45, 2.75) is 53.9 Å². The van der Waals surface area contributed by atoms with E-state index in [1.54, 1.807) is 5.56 Å². The predicted octanol–water partition coefficient (Wildman–Crippen LogP) is 4.79. The number of alkyl halides is 1. The number of halogens is 1. The highest BCUT2D eigenvalue weighted by molar-refractivity contribution is 6.17. The van der Waals surface area contributed by atoms with E-state index in [1.807, 2.05) is 0 Å². The largest absolute Gasteiger partial charge is 0.127 e. The van der Waals surface area contributed by atoms with Crippen LogP contribution in [-0.2, 0) is 6.42 Å². The lowest BCUT2D eigenvalue weighted by Gasteiger charge is -2.18. The molecule has 0 aromatic heterocycles. The van der Waals surface area contributed by atoms with Gasteiger partial charge < -0.3 is 0 Å². The molecule has 1 rings (SSSR count). The molecule has 0 spiro atoms. The van der Waals surface area contributed by atoms with Gasteiger partial charge in [0.25, 0.3) is 0 Å². The highest BCUT2D eigenvalue weighted by atomic mass is 35.5. The first-order valence-corrected chi connectivity index (χ1v) is 6.66. The fourth-order valence-corrected chi connectivity index (χ4v) is 2.54. The van der Waals surface area contributed by atoms with Gasteiger partial charge in [0, 0.05) is 5.88 Å². The summed E-state index contributed by atoms with van der Waals surface area (Å²) in [6, 6.07) is 0. The number of benzene rings is 1. The monoisotopic (exact) mass is 238 g/mol. The van der Waals surface area contributed by atoms with Gasteiger partial charge in [-0.1, -0.05) is 0 Å². The van der Waals surface area contributed by atoms with E-state index in [-0.39, 0.29) is 0 Å². The number of hydrogen-bond acceptors (Lipinski definition) is 0. The van der Waals surface area contributed by atoms with E-state index < -0.39 is 0 Å². The molecule has 0 N–H and O–H groups in total. The minimum atomic E-state index is 0.780. The van der Waals surface area contributed by atoms with Gasteiger partial charge in [-0.2, -0.15) is 0 Å². The van der Waals surface area contributed by atoms with Crippen molar-refractivity contribution in [3.8, 4) is 0 Å². The minimum Gasteiger partial charge on any atom is -0.127 e. The predicted molar refractivity (Wildman–Crippen MR) is 73.8 cm³/mol. The maximum absolute atomic E-state index is 5.74. The molecule has 1 heteroatoms. The summed E-state index contributed by atoms with van der Waals surface area (Å²) in [5.74, 6) is 0.780. The quantitative estimate of drug-likeness (QED) is 0.523. The third-order valence-corrected chi connectivity index (χ3v) is 4.23. The Bertz CT molecular complexity index is 349. The van der Waals surface area contributed by atoms with Crippen LogP contribution in [0.4, 0.5) is 0 Å². The smallest absolute Gasteiger partial charge is 0.0223 e. The highest BCUT2D eigenvalue weighted by Crippen LogP contribution is 2.27. The summed E-state index contributed by atoms with van der Waals surface area (Å²) in [4.78, 5) is 0. The molecule has 0 radical (unpaired) electrons. The van der Waals surface area contributed by atoms with Gasteiger partial charge in [0.15, 0.2) is 0 Å². The van der Waals surface area contributed by atoms with Crippen LogP contribution in [0.25, 0.3) is 0 Å². The summed E-state index contributed by atoms with van der Waals surface area (Å²) in [5, 5.41) is 0. The molecule has 0 aliphatic heterocycles. The van der Waals surface area contributed by atoms with Gasteiger partial charge in [-0.3, -0.25) is 0 Å². The molecule has 1 aromatic rings. The Balaban J connectivity index is 3.08. The van der Waals surface area contributed by atoms with Crippen LogP contribution >= 0.6 is 11.6 Å². The molecule has 0 bridgehead atoms. The van der Waals surface area contributed by atoms with Crippen LogP contribution in [0.3, 0.4) is 0 Å². The first-order chi connectivity index (χ1) is 7.50. The highest BCUT2D eigenvalue weighted by Gasteiger charge is 2.11. The SMILES string of the molecule is Cc1c(C)c(C)c(CCCCCl)c(C)c1C. The summed E-state index contributed by atoms with van der Waals surface area (Å²) < 4.78 is 0. The van der Waals surface area contributed by atoms with Crippen LogP contribution in [0.5, 0.6) is 0 Å². The Morgan fingerprint density at radius 2 is 1.12 bits per heavy atom. The van der Waals surface area contributed by atoms with E-state index in [1.165, 1.54) is 40.7 Å². The van der Waals surface area contributed by atoms with Crippen LogP contribution in [0.2, 0.25) is 0 Å². The maximum atomic E-state index is 5.74. The average molecular weight is 239 g/mol. The topological polar surface area (TPSA) is 0 Å². The van der Waals surface area contributed by atoms with Crippen molar-refractivity contribution in [2.24, 2.45) is 0 Å². The summed E-state index contributed by atoms with van der Waals surface area (Å²) in [6.45, 7) is 11.2. The third-order valence-electron chi connectivity index (χ3n) is 3.97. The molecule has 0 saturated heterocycles. The molecule has 0 heterocycles. The summed E-state index contributed by atoms with van der Waals surface area (Å²) >= 11 is 5.74. The molecule has 90 valence electrons. The van der Waals surface area contributed by atoms with Crippen LogP contribution in [0.15, 0.2) is 0 Å². The number of hydrogen-bond donors (Lipinski definition) is 0. The lowest BCUT2D eigenvalue weighted by Crippen LogP contribution is -2.03. The zero-order valence-corrected chi connectivity index (χ0v) is 12.0. The first kappa shape index (κ1) is 13.6. The van der Waals surface area contributed by atoms with Crippen LogP contribution in [-0.4, -0.2) is 5.88 Å². The van der Waals surface area contributed by atoms with Crippen molar-refractivity contribution < 1.29 is 0 Å². The molecular weight excluding hydrogens is 216 g/mol. The second-order valence-electron chi connectivity index (χ2n) is 4.75. The molecule has 0 atom stereocenters. The fourth-order valence-electron chi connectivity index (χ4n) is 2.35. The van der Waals surface area contributed by atoms with Crippen molar-refractivity contribution in [3.05, 3.63) is 33.4 Å². The van der Waals surface area contributed by atoms with E-state index in [0.29, 0.717) is 0 Å². The van der Waals surface area contributed by atoms with Gasteiger partial charge in [0.2, 0.25) is 0 Å². The van der Waals surface area contributed by atoms with Gasteiger partial charge in [-0.05, 0) is 87.3 Å². The normalized spacial score (nSPS) is 10.9. The minimum absolute atomic E-state index is 0.780. The summed E-state index contributed by atoms with van der Waals surface area (Å²) in [7, 11) is 0. The van der Waals surface area contributed by atoms with Gasteiger partial charge >= 0.3 is 0 Å². The zero-order valence-electron chi connectivity index (χ0n) is 11.2. The lowest BCUT2D eigenvalue weighted by atomic mass is 9.87. The van der Waals surface area contributed by atoms with Crippen molar-refractivity contribution in [3.63, 3.8) is 0 Å². The zero-order chi connectivity index (χ0) is 12.3. The maximum Gasteiger partial charge on any atom is 0.0223 e. The van der Waals surface area contributed by atoms with E-state index in [9.17, 15) is 0 Å². The second kappa shape index (κ2) is 5.72. The van der Waals surface area contributed by atoms with Crippen LogP contribution in [0, 0.1) is 34.6 Å². The Morgan fingerprint density at radius 1 is 0.688 bits per heavy atom. The van der Waals surface area contributed by atoms with Gasteiger partial charge in [-0.25, -0.2) is 0 Å². The van der Waals surface area contributed by atoms with Gasteiger partial charge in [0.05, 0.1) is 0 Å². The van der Waals surface area contributed by atoms with Crippen molar-refractivity contribution >= 4 is 11.6 Å². The molecule has 0 unspecified atom stereocenters. The summed E-state index contributed by atoms with van der Waals surface area (Å²) in [5.41, 5.74) is 8.89. The van der Waals surface area contributed by atoms with Gasteiger partial charge in [0.1, 0.15) is 0 Å². The fraction of sp³-hybridized carbons (Fsp3) is 0.600. The molecule has 0 fully saturated rings. The number of rotatable bonds is 4. The van der Waals surface area contributed by atoms with Crippen LogP contribution in [0.1, 0.15) is 46.2 Å². The van der Waals surface area contributed by atoms with E-state index in [4.69, 9.17) is 11.6 Å². The van der Waals surface area contributed by atoms with E-state index in [2.05, 4.69) is 34.6 Å². The Labute approximate surface area is 105 Å².